The highest BCUT2D eigenvalue weighted by molar-refractivity contribution is 4.93. The van der Waals surface area contributed by atoms with Gasteiger partial charge in [0.25, 0.3) is 0 Å². The molecule has 1 heterocycles. The lowest BCUT2D eigenvalue weighted by Gasteiger charge is -2.43. The number of nitrogens with two attached hydrogens (primary N) is 1. The Kier molecular flexibility index (Phi) is 4.11. The van der Waals surface area contributed by atoms with Crippen LogP contribution in [0.5, 0.6) is 0 Å². The van der Waals surface area contributed by atoms with Crippen LogP contribution < -0.4 is 5.73 Å². The van der Waals surface area contributed by atoms with Crippen LogP contribution in [-0.4, -0.2) is 43.8 Å². The summed E-state index contributed by atoms with van der Waals surface area (Å²) < 4.78 is 5.43. The maximum atomic E-state index is 6.44. The minimum absolute atomic E-state index is 0.323. The Bertz CT molecular complexity index is 255. The van der Waals surface area contributed by atoms with Crippen LogP contribution in [0.3, 0.4) is 0 Å². The van der Waals surface area contributed by atoms with Crippen LogP contribution in [0.4, 0.5) is 0 Å². The van der Waals surface area contributed by atoms with Gasteiger partial charge in [-0.25, -0.2) is 0 Å². The Labute approximate surface area is 106 Å². The van der Waals surface area contributed by atoms with E-state index in [1.165, 1.54) is 38.8 Å². The quantitative estimate of drug-likeness (QED) is 0.818. The van der Waals surface area contributed by atoms with Crippen molar-refractivity contribution in [3.05, 3.63) is 0 Å². The summed E-state index contributed by atoms with van der Waals surface area (Å²) >= 11 is 0. The summed E-state index contributed by atoms with van der Waals surface area (Å²) in [5, 5.41) is 0. The average molecular weight is 240 g/mol. The van der Waals surface area contributed by atoms with E-state index in [1.54, 1.807) is 0 Å². The van der Waals surface area contributed by atoms with E-state index < -0.39 is 0 Å². The first-order valence-electron chi connectivity index (χ1n) is 7.03. The second-order valence-electron chi connectivity index (χ2n) is 6.57. The zero-order chi connectivity index (χ0) is 12.5. The van der Waals surface area contributed by atoms with Gasteiger partial charge in [0.15, 0.2) is 0 Å². The van der Waals surface area contributed by atoms with E-state index in [4.69, 9.17) is 10.5 Å². The molecule has 1 aliphatic carbocycles. The average Bonchev–Trinajstić information content (AvgIpc) is 2.72. The smallest absolute Gasteiger partial charge is 0.0710 e. The van der Waals surface area contributed by atoms with Crippen LogP contribution >= 0.6 is 0 Å². The Morgan fingerprint density at radius 3 is 2.76 bits per heavy atom. The van der Waals surface area contributed by atoms with Crippen molar-refractivity contribution in [3.63, 3.8) is 0 Å². The summed E-state index contributed by atoms with van der Waals surface area (Å²) in [5.41, 5.74) is 6.77. The van der Waals surface area contributed by atoms with E-state index in [9.17, 15) is 0 Å². The number of ether oxygens (including phenoxy) is 1. The lowest BCUT2D eigenvalue weighted by Crippen LogP contribution is -2.50. The molecule has 0 bridgehead atoms. The zero-order valence-corrected chi connectivity index (χ0v) is 11.6. The SMILES string of the molecule is COC1CCN(CC2CCCC(C)(C)C2N)C1. The van der Waals surface area contributed by atoms with Gasteiger partial charge in [-0.15, -0.1) is 0 Å². The Balaban J connectivity index is 1.86. The fourth-order valence-electron chi connectivity index (χ4n) is 3.50. The summed E-state index contributed by atoms with van der Waals surface area (Å²) in [6.07, 6.45) is 5.56. The second-order valence-corrected chi connectivity index (χ2v) is 6.57. The van der Waals surface area contributed by atoms with E-state index in [-0.39, 0.29) is 0 Å². The molecule has 0 radical (unpaired) electrons. The molecule has 2 fully saturated rings. The molecule has 2 N–H and O–H groups in total. The topological polar surface area (TPSA) is 38.5 Å². The largest absolute Gasteiger partial charge is 0.380 e. The van der Waals surface area contributed by atoms with Gasteiger partial charge >= 0.3 is 0 Å². The van der Waals surface area contributed by atoms with E-state index in [2.05, 4.69) is 18.7 Å². The predicted molar refractivity (Wildman–Crippen MR) is 71.0 cm³/mol. The van der Waals surface area contributed by atoms with Crippen LogP contribution in [0, 0.1) is 11.3 Å². The van der Waals surface area contributed by atoms with Crippen LogP contribution in [0.15, 0.2) is 0 Å². The van der Waals surface area contributed by atoms with Gasteiger partial charge in [-0.05, 0) is 30.6 Å². The third kappa shape index (κ3) is 3.01. The van der Waals surface area contributed by atoms with Crippen LogP contribution in [0.1, 0.15) is 39.5 Å². The van der Waals surface area contributed by atoms with Crippen molar-refractivity contribution in [1.29, 1.82) is 0 Å². The molecular formula is C14H28N2O. The van der Waals surface area contributed by atoms with Crippen LogP contribution in [-0.2, 0) is 4.74 Å². The highest BCUT2D eigenvalue weighted by Gasteiger charge is 2.37. The van der Waals surface area contributed by atoms with Crippen LogP contribution in [0.2, 0.25) is 0 Å². The van der Waals surface area contributed by atoms with Gasteiger partial charge in [0.1, 0.15) is 0 Å². The summed E-state index contributed by atoms with van der Waals surface area (Å²) in [6.45, 7) is 8.10. The monoisotopic (exact) mass is 240 g/mol. The number of hydrogen-bond donors (Lipinski definition) is 1. The number of likely N-dealkylation sites (tertiary alicyclic amines) is 1. The molecule has 1 aliphatic heterocycles. The van der Waals surface area contributed by atoms with Crippen molar-refractivity contribution in [2.75, 3.05) is 26.7 Å². The molecule has 0 spiro atoms. The summed E-state index contributed by atoms with van der Waals surface area (Å²) in [5.74, 6) is 0.675. The molecule has 3 nitrogen and oxygen atoms in total. The molecule has 3 unspecified atom stereocenters. The minimum atomic E-state index is 0.323. The molecule has 0 aromatic heterocycles. The fourth-order valence-corrected chi connectivity index (χ4v) is 3.50. The lowest BCUT2D eigenvalue weighted by atomic mass is 9.68. The Hall–Kier alpha value is -0.120. The molecule has 2 aliphatic rings. The van der Waals surface area contributed by atoms with Crippen molar-refractivity contribution in [2.24, 2.45) is 17.1 Å². The molecule has 1 saturated carbocycles. The summed E-state index contributed by atoms with van der Waals surface area (Å²) in [7, 11) is 1.82. The van der Waals surface area contributed by atoms with E-state index >= 15 is 0 Å². The molecule has 17 heavy (non-hydrogen) atoms. The molecule has 0 amide bonds. The maximum absolute atomic E-state index is 6.44. The van der Waals surface area contributed by atoms with Gasteiger partial charge in [0.05, 0.1) is 6.10 Å². The number of nitrogens with zero attached hydrogens (tertiary/aromatic N) is 1. The highest BCUT2D eigenvalue weighted by atomic mass is 16.5. The summed E-state index contributed by atoms with van der Waals surface area (Å²) in [6, 6.07) is 0.359. The summed E-state index contributed by atoms with van der Waals surface area (Å²) in [4.78, 5) is 2.54. The van der Waals surface area contributed by atoms with Crippen molar-refractivity contribution in [3.8, 4) is 0 Å². The van der Waals surface area contributed by atoms with Crippen molar-refractivity contribution in [2.45, 2.75) is 51.7 Å². The maximum Gasteiger partial charge on any atom is 0.0710 e. The third-order valence-corrected chi connectivity index (χ3v) is 4.86. The first kappa shape index (κ1) is 13.3. The van der Waals surface area contributed by atoms with Gasteiger partial charge < -0.3 is 15.4 Å². The first-order valence-corrected chi connectivity index (χ1v) is 7.03. The van der Waals surface area contributed by atoms with Crippen molar-refractivity contribution in [1.82, 2.24) is 4.90 Å². The molecule has 100 valence electrons. The molecule has 0 aromatic rings. The minimum Gasteiger partial charge on any atom is -0.380 e. The van der Waals surface area contributed by atoms with E-state index in [0.29, 0.717) is 23.5 Å². The van der Waals surface area contributed by atoms with Gasteiger partial charge in [-0.2, -0.15) is 0 Å². The lowest BCUT2D eigenvalue weighted by molar-refractivity contribution is 0.0875. The normalized spacial score (nSPS) is 38.5. The molecule has 1 saturated heterocycles. The standard InChI is InChI=1S/C14H28N2O/c1-14(2)7-4-5-11(13(14)15)9-16-8-6-12(10-16)17-3/h11-13H,4-10,15H2,1-3H3. The van der Waals surface area contributed by atoms with Crippen molar-refractivity contribution < 1.29 is 4.74 Å². The number of hydrogen-bond acceptors (Lipinski definition) is 3. The fraction of sp³-hybridized carbons (Fsp3) is 1.00. The number of rotatable bonds is 3. The van der Waals surface area contributed by atoms with Gasteiger partial charge in [-0.1, -0.05) is 20.3 Å². The Morgan fingerprint density at radius 1 is 1.35 bits per heavy atom. The van der Waals surface area contributed by atoms with Gasteiger partial charge in [0.2, 0.25) is 0 Å². The van der Waals surface area contributed by atoms with E-state index in [1.807, 2.05) is 7.11 Å². The molecule has 0 aromatic carbocycles. The molecular weight excluding hydrogens is 212 g/mol. The zero-order valence-electron chi connectivity index (χ0n) is 11.6. The molecule has 2 rings (SSSR count). The highest BCUT2D eigenvalue weighted by Crippen LogP contribution is 2.38. The number of methoxy groups -OCH3 is 1. The third-order valence-electron chi connectivity index (χ3n) is 4.86. The predicted octanol–water partition coefficient (Wildman–Crippen LogP) is 1.86. The molecule has 3 heteroatoms. The van der Waals surface area contributed by atoms with E-state index in [0.717, 1.165) is 6.54 Å². The van der Waals surface area contributed by atoms with Crippen LogP contribution in [0.25, 0.3) is 0 Å². The van der Waals surface area contributed by atoms with Crippen molar-refractivity contribution >= 4 is 0 Å². The van der Waals surface area contributed by atoms with Gasteiger partial charge in [0, 0.05) is 32.8 Å². The second kappa shape index (κ2) is 5.25. The first-order chi connectivity index (χ1) is 8.03. The van der Waals surface area contributed by atoms with Gasteiger partial charge in [-0.3, -0.25) is 0 Å². The Morgan fingerprint density at radius 2 is 2.12 bits per heavy atom. The molecule has 3 atom stereocenters.